The first kappa shape index (κ1) is 20.2. The van der Waals surface area contributed by atoms with Gasteiger partial charge in [-0.25, -0.2) is 17.5 Å². The van der Waals surface area contributed by atoms with Gasteiger partial charge in [0, 0.05) is 30.9 Å². The molecule has 1 saturated heterocycles. The molecule has 0 radical (unpaired) electrons. The Balaban J connectivity index is 1.70. The Kier molecular flexibility index (Phi) is 6.28. The van der Waals surface area contributed by atoms with Crippen molar-refractivity contribution < 1.29 is 22.3 Å². The van der Waals surface area contributed by atoms with Crippen molar-refractivity contribution in [1.29, 1.82) is 0 Å². The van der Waals surface area contributed by atoms with Crippen molar-refractivity contribution in [1.82, 2.24) is 4.72 Å². The fourth-order valence-corrected chi connectivity index (χ4v) is 3.95. The minimum absolute atomic E-state index is 0.0757. The van der Waals surface area contributed by atoms with Crippen molar-refractivity contribution in [2.45, 2.75) is 11.8 Å². The molecule has 3 rings (SSSR count). The number of anilines is 2. The van der Waals surface area contributed by atoms with Crippen LogP contribution in [0.5, 0.6) is 0 Å². The minimum atomic E-state index is -3.58. The molecule has 0 unspecified atom stereocenters. The van der Waals surface area contributed by atoms with E-state index in [9.17, 15) is 17.6 Å². The number of halogens is 1. The lowest BCUT2D eigenvalue weighted by Gasteiger charge is -2.29. The maximum Gasteiger partial charge on any atom is 0.255 e. The van der Waals surface area contributed by atoms with Crippen molar-refractivity contribution in [3.05, 3.63) is 53.8 Å². The summed E-state index contributed by atoms with van der Waals surface area (Å²) < 4.78 is 46.0. The van der Waals surface area contributed by atoms with Gasteiger partial charge in [-0.15, -0.1) is 0 Å². The highest BCUT2D eigenvalue weighted by molar-refractivity contribution is 7.89. The average Bonchev–Trinajstić information content (AvgIpc) is 2.69. The maximum atomic E-state index is 14.4. The first-order valence-electron chi connectivity index (χ1n) is 8.94. The minimum Gasteiger partial charge on any atom is -0.378 e. The highest BCUT2D eigenvalue weighted by atomic mass is 32.2. The van der Waals surface area contributed by atoms with Gasteiger partial charge in [0.2, 0.25) is 10.0 Å². The highest BCUT2D eigenvalue weighted by Crippen LogP contribution is 2.24. The van der Waals surface area contributed by atoms with Crippen LogP contribution >= 0.6 is 0 Å². The van der Waals surface area contributed by atoms with Crippen LogP contribution in [0.1, 0.15) is 17.3 Å². The number of ether oxygens (including phenoxy) is 1. The summed E-state index contributed by atoms with van der Waals surface area (Å²) in [5.74, 6) is -0.877. The number of morpholine rings is 1. The van der Waals surface area contributed by atoms with E-state index in [1.54, 1.807) is 19.1 Å². The van der Waals surface area contributed by atoms with E-state index in [1.807, 2.05) is 4.90 Å². The molecule has 0 aliphatic carbocycles. The Morgan fingerprint density at radius 1 is 1.14 bits per heavy atom. The zero-order chi connectivity index (χ0) is 20.1. The maximum absolute atomic E-state index is 14.4. The Hall–Kier alpha value is -2.49. The number of benzene rings is 2. The van der Waals surface area contributed by atoms with Gasteiger partial charge in [0.15, 0.2) is 0 Å². The van der Waals surface area contributed by atoms with Gasteiger partial charge in [0.25, 0.3) is 5.91 Å². The van der Waals surface area contributed by atoms with Crippen molar-refractivity contribution >= 4 is 27.3 Å². The van der Waals surface area contributed by atoms with Gasteiger partial charge < -0.3 is 15.0 Å². The highest BCUT2D eigenvalue weighted by Gasteiger charge is 2.17. The van der Waals surface area contributed by atoms with E-state index in [4.69, 9.17) is 4.74 Å². The lowest BCUT2D eigenvalue weighted by molar-refractivity contribution is 0.102. The predicted molar refractivity (Wildman–Crippen MR) is 105 cm³/mol. The second-order valence-corrected chi connectivity index (χ2v) is 8.01. The lowest BCUT2D eigenvalue weighted by atomic mass is 10.2. The molecule has 150 valence electrons. The van der Waals surface area contributed by atoms with Crippen LogP contribution in [0.15, 0.2) is 47.4 Å². The van der Waals surface area contributed by atoms with Crippen LogP contribution < -0.4 is 14.9 Å². The molecule has 28 heavy (non-hydrogen) atoms. The van der Waals surface area contributed by atoms with E-state index in [0.717, 1.165) is 0 Å². The van der Waals surface area contributed by atoms with Crippen LogP contribution in [-0.4, -0.2) is 47.2 Å². The van der Waals surface area contributed by atoms with Crippen molar-refractivity contribution in [3.8, 4) is 0 Å². The number of hydrogen-bond donors (Lipinski definition) is 2. The van der Waals surface area contributed by atoms with E-state index in [0.29, 0.717) is 37.7 Å². The fourth-order valence-electron chi connectivity index (χ4n) is 2.91. The number of nitrogens with one attached hydrogen (secondary N) is 2. The van der Waals surface area contributed by atoms with Crippen LogP contribution in [0.4, 0.5) is 15.8 Å². The Morgan fingerprint density at radius 2 is 1.82 bits per heavy atom. The summed E-state index contributed by atoms with van der Waals surface area (Å²) in [4.78, 5) is 14.3. The number of carbonyl (C=O) groups excluding carboxylic acids is 1. The van der Waals surface area contributed by atoms with Crippen molar-refractivity contribution in [2.75, 3.05) is 43.1 Å². The van der Waals surface area contributed by atoms with Gasteiger partial charge >= 0.3 is 0 Å². The van der Waals surface area contributed by atoms with Gasteiger partial charge in [-0.2, -0.15) is 0 Å². The normalized spacial score (nSPS) is 14.7. The summed E-state index contributed by atoms with van der Waals surface area (Å²) in [6.07, 6.45) is 0. The molecule has 1 aliphatic rings. The third-order valence-corrected chi connectivity index (χ3v) is 5.88. The number of hydrogen-bond acceptors (Lipinski definition) is 5. The van der Waals surface area contributed by atoms with Crippen LogP contribution in [0.3, 0.4) is 0 Å². The summed E-state index contributed by atoms with van der Waals surface area (Å²) in [5, 5.41) is 2.63. The van der Waals surface area contributed by atoms with E-state index < -0.39 is 21.7 Å². The van der Waals surface area contributed by atoms with Crippen molar-refractivity contribution in [3.63, 3.8) is 0 Å². The molecule has 2 aromatic rings. The quantitative estimate of drug-likeness (QED) is 0.767. The molecule has 2 N–H and O–H groups in total. The number of rotatable bonds is 6. The molecule has 0 aromatic heterocycles. The monoisotopic (exact) mass is 407 g/mol. The first-order valence-corrected chi connectivity index (χ1v) is 10.4. The van der Waals surface area contributed by atoms with E-state index >= 15 is 0 Å². The van der Waals surface area contributed by atoms with Crippen LogP contribution in [0.25, 0.3) is 0 Å². The standard InChI is InChI=1S/C19H22FN3O4S/c1-2-21-28(25,26)16-6-3-14(4-7-16)19(24)22-15-5-8-18(17(20)13-15)23-9-11-27-12-10-23/h3-8,13,21H,2,9-12H2,1H3,(H,22,24). The van der Waals surface area contributed by atoms with E-state index in [1.165, 1.54) is 30.3 Å². The van der Waals surface area contributed by atoms with E-state index in [-0.39, 0.29) is 17.0 Å². The summed E-state index contributed by atoms with van der Waals surface area (Å²) >= 11 is 0. The molecular formula is C19H22FN3O4S. The number of carbonyl (C=O) groups is 1. The number of sulfonamides is 1. The predicted octanol–water partition coefficient (Wildman–Crippen LogP) is 2.21. The van der Waals surface area contributed by atoms with E-state index in [2.05, 4.69) is 10.0 Å². The first-order chi connectivity index (χ1) is 13.4. The van der Waals surface area contributed by atoms with Crippen LogP contribution in [-0.2, 0) is 14.8 Å². The summed E-state index contributed by atoms with van der Waals surface area (Å²) in [6.45, 7) is 4.30. The Labute approximate surface area is 163 Å². The molecule has 1 aliphatic heterocycles. The summed E-state index contributed by atoms with van der Waals surface area (Å²) in [6, 6.07) is 10.1. The SMILES string of the molecule is CCNS(=O)(=O)c1ccc(C(=O)Nc2ccc(N3CCOCC3)c(F)c2)cc1. The van der Waals surface area contributed by atoms with Gasteiger partial charge in [0.05, 0.1) is 23.8 Å². The number of nitrogens with zero attached hydrogens (tertiary/aromatic N) is 1. The topological polar surface area (TPSA) is 87.7 Å². The average molecular weight is 407 g/mol. The summed E-state index contributed by atoms with van der Waals surface area (Å²) in [5.41, 5.74) is 1.07. The molecule has 0 atom stereocenters. The molecule has 0 saturated carbocycles. The molecule has 0 spiro atoms. The largest absolute Gasteiger partial charge is 0.378 e. The zero-order valence-corrected chi connectivity index (χ0v) is 16.3. The Morgan fingerprint density at radius 3 is 2.43 bits per heavy atom. The van der Waals surface area contributed by atoms with Gasteiger partial charge in [0.1, 0.15) is 5.82 Å². The zero-order valence-electron chi connectivity index (χ0n) is 15.4. The molecule has 9 heteroatoms. The fraction of sp³-hybridized carbons (Fsp3) is 0.316. The summed E-state index contributed by atoms with van der Waals surface area (Å²) in [7, 11) is -3.58. The number of amides is 1. The van der Waals surface area contributed by atoms with Crippen molar-refractivity contribution in [2.24, 2.45) is 0 Å². The van der Waals surface area contributed by atoms with Gasteiger partial charge in [-0.05, 0) is 42.5 Å². The second kappa shape index (κ2) is 8.68. The molecule has 7 nitrogen and oxygen atoms in total. The smallest absolute Gasteiger partial charge is 0.255 e. The molecule has 0 bridgehead atoms. The third kappa shape index (κ3) is 4.67. The Bertz CT molecular complexity index is 942. The second-order valence-electron chi connectivity index (χ2n) is 6.25. The van der Waals surface area contributed by atoms with Crippen LogP contribution in [0, 0.1) is 5.82 Å². The van der Waals surface area contributed by atoms with Gasteiger partial charge in [-0.1, -0.05) is 6.92 Å². The molecule has 1 fully saturated rings. The van der Waals surface area contributed by atoms with Crippen LogP contribution in [0.2, 0.25) is 0 Å². The molecular weight excluding hydrogens is 385 g/mol. The molecule has 1 amide bonds. The lowest BCUT2D eigenvalue weighted by Crippen LogP contribution is -2.36. The third-order valence-electron chi connectivity index (χ3n) is 4.32. The molecule has 2 aromatic carbocycles. The van der Waals surface area contributed by atoms with Gasteiger partial charge in [-0.3, -0.25) is 4.79 Å². The molecule has 1 heterocycles.